The van der Waals surface area contributed by atoms with Gasteiger partial charge in [-0.15, -0.1) is 0 Å². The molecule has 15 heavy (non-hydrogen) atoms. The summed E-state index contributed by atoms with van der Waals surface area (Å²) >= 11 is 0. The van der Waals surface area contributed by atoms with Crippen molar-refractivity contribution < 1.29 is 8.42 Å². The van der Waals surface area contributed by atoms with Gasteiger partial charge in [0.25, 0.3) is 0 Å². The average Bonchev–Trinajstić information content (AvgIpc) is 2.98. The van der Waals surface area contributed by atoms with Crippen LogP contribution >= 0.6 is 0 Å². The summed E-state index contributed by atoms with van der Waals surface area (Å²) in [5.41, 5.74) is 6.80. The molecule has 0 radical (unpaired) electrons. The fourth-order valence-electron chi connectivity index (χ4n) is 1.80. The summed E-state index contributed by atoms with van der Waals surface area (Å²) in [6.07, 6.45) is 3.45. The average molecular weight is 225 g/mol. The second kappa shape index (κ2) is 3.61. The molecule has 0 heterocycles. The van der Waals surface area contributed by atoms with Crippen molar-refractivity contribution >= 4 is 9.84 Å². The van der Waals surface area contributed by atoms with Crippen LogP contribution in [-0.4, -0.2) is 14.7 Å². The normalized spacial score (nSPS) is 18.8. The number of benzene rings is 1. The maximum Gasteiger partial charge on any atom is 0.175 e. The van der Waals surface area contributed by atoms with E-state index in [0.29, 0.717) is 10.8 Å². The van der Waals surface area contributed by atoms with Crippen LogP contribution in [-0.2, 0) is 9.84 Å². The SMILES string of the molecule is CS(=O)(=O)c1ccccc1C(N)C1CC1. The molecule has 2 N–H and O–H groups in total. The first-order chi connectivity index (χ1) is 7.00. The molecule has 0 bridgehead atoms. The van der Waals surface area contributed by atoms with Crippen molar-refractivity contribution in [2.75, 3.05) is 6.26 Å². The van der Waals surface area contributed by atoms with E-state index in [1.54, 1.807) is 12.1 Å². The van der Waals surface area contributed by atoms with Crippen LogP contribution in [0.15, 0.2) is 29.2 Å². The molecule has 1 saturated carbocycles. The van der Waals surface area contributed by atoms with Crippen molar-refractivity contribution in [3.05, 3.63) is 29.8 Å². The predicted molar refractivity (Wildman–Crippen MR) is 59.2 cm³/mol. The van der Waals surface area contributed by atoms with Gasteiger partial charge in [0.05, 0.1) is 4.90 Å². The number of nitrogens with two attached hydrogens (primary N) is 1. The van der Waals surface area contributed by atoms with Gasteiger partial charge >= 0.3 is 0 Å². The van der Waals surface area contributed by atoms with E-state index in [-0.39, 0.29) is 6.04 Å². The second-order valence-corrected chi connectivity index (χ2v) is 6.16. The van der Waals surface area contributed by atoms with Crippen LogP contribution in [0.5, 0.6) is 0 Å². The zero-order valence-corrected chi connectivity index (χ0v) is 9.50. The second-order valence-electron chi connectivity index (χ2n) is 4.17. The van der Waals surface area contributed by atoms with E-state index in [9.17, 15) is 8.42 Å². The molecule has 0 amide bonds. The van der Waals surface area contributed by atoms with Gasteiger partial charge in [0.15, 0.2) is 9.84 Å². The lowest BCUT2D eigenvalue weighted by molar-refractivity contribution is 0.589. The molecule has 82 valence electrons. The van der Waals surface area contributed by atoms with Gasteiger partial charge < -0.3 is 5.73 Å². The molecule has 1 aromatic carbocycles. The third-order valence-corrected chi connectivity index (χ3v) is 3.98. The lowest BCUT2D eigenvalue weighted by Gasteiger charge is -2.14. The van der Waals surface area contributed by atoms with Crippen LogP contribution in [0.25, 0.3) is 0 Å². The van der Waals surface area contributed by atoms with Gasteiger partial charge in [-0.05, 0) is 30.4 Å². The van der Waals surface area contributed by atoms with E-state index in [1.165, 1.54) is 6.26 Å². The summed E-state index contributed by atoms with van der Waals surface area (Å²) in [6, 6.07) is 6.90. The van der Waals surface area contributed by atoms with Crippen LogP contribution < -0.4 is 5.73 Å². The predicted octanol–water partition coefficient (Wildman–Crippen LogP) is 1.50. The maximum atomic E-state index is 11.5. The molecule has 1 unspecified atom stereocenters. The summed E-state index contributed by atoms with van der Waals surface area (Å²) in [5, 5.41) is 0. The molecule has 1 aliphatic rings. The lowest BCUT2D eigenvalue weighted by atomic mass is 10.0. The highest BCUT2D eigenvalue weighted by atomic mass is 32.2. The van der Waals surface area contributed by atoms with Gasteiger partial charge in [-0.25, -0.2) is 8.42 Å². The van der Waals surface area contributed by atoms with Crippen molar-refractivity contribution in [3.8, 4) is 0 Å². The number of hydrogen-bond acceptors (Lipinski definition) is 3. The largest absolute Gasteiger partial charge is 0.324 e. The fourth-order valence-corrected chi connectivity index (χ4v) is 2.76. The molecule has 0 aromatic heterocycles. The minimum atomic E-state index is -3.16. The van der Waals surface area contributed by atoms with E-state index in [0.717, 1.165) is 18.4 Å². The summed E-state index contributed by atoms with van der Waals surface area (Å²) in [5.74, 6) is 0.466. The Bertz CT molecular complexity index is 463. The third-order valence-electron chi connectivity index (χ3n) is 2.81. The van der Waals surface area contributed by atoms with E-state index in [4.69, 9.17) is 5.73 Å². The Morgan fingerprint density at radius 1 is 1.33 bits per heavy atom. The molecule has 4 heteroatoms. The highest BCUT2D eigenvalue weighted by Crippen LogP contribution is 2.40. The molecule has 0 aliphatic heterocycles. The Balaban J connectivity index is 2.46. The smallest absolute Gasteiger partial charge is 0.175 e. The number of rotatable bonds is 3. The van der Waals surface area contributed by atoms with Crippen LogP contribution in [0.3, 0.4) is 0 Å². The van der Waals surface area contributed by atoms with Crippen LogP contribution in [0, 0.1) is 5.92 Å². The lowest BCUT2D eigenvalue weighted by Crippen LogP contribution is -2.16. The van der Waals surface area contributed by atoms with Crippen LogP contribution in [0.1, 0.15) is 24.4 Å². The first-order valence-electron chi connectivity index (χ1n) is 5.04. The fraction of sp³-hybridized carbons (Fsp3) is 0.455. The highest BCUT2D eigenvalue weighted by Gasteiger charge is 2.31. The zero-order valence-electron chi connectivity index (χ0n) is 8.68. The molecule has 3 nitrogen and oxygen atoms in total. The van der Waals surface area contributed by atoms with Gasteiger partial charge in [-0.2, -0.15) is 0 Å². The molecule has 1 fully saturated rings. The van der Waals surface area contributed by atoms with E-state index in [1.807, 2.05) is 12.1 Å². The van der Waals surface area contributed by atoms with E-state index in [2.05, 4.69) is 0 Å². The Morgan fingerprint density at radius 3 is 2.47 bits per heavy atom. The first-order valence-corrected chi connectivity index (χ1v) is 6.94. The Hall–Kier alpha value is -0.870. The Labute approximate surface area is 90.2 Å². The van der Waals surface area contributed by atoms with Gasteiger partial charge in [-0.3, -0.25) is 0 Å². The molecule has 1 aliphatic carbocycles. The zero-order chi connectivity index (χ0) is 11.1. The van der Waals surface area contributed by atoms with Crippen molar-refractivity contribution in [1.29, 1.82) is 0 Å². The van der Waals surface area contributed by atoms with Crippen molar-refractivity contribution in [3.63, 3.8) is 0 Å². The topological polar surface area (TPSA) is 60.2 Å². The van der Waals surface area contributed by atoms with E-state index >= 15 is 0 Å². The quantitative estimate of drug-likeness (QED) is 0.848. The van der Waals surface area contributed by atoms with Crippen molar-refractivity contribution in [1.82, 2.24) is 0 Å². The first kappa shape index (κ1) is 10.6. The molecule has 1 aromatic rings. The van der Waals surface area contributed by atoms with Crippen LogP contribution in [0.2, 0.25) is 0 Å². The summed E-state index contributed by atoms with van der Waals surface area (Å²) in [6.45, 7) is 0. The number of hydrogen-bond donors (Lipinski definition) is 1. The van der Waals surface area contributed by atoms with Crippen molar-refractivity contribution in [2.45, 2.75) is 23.8 Å². The number of sulfone groups is 1. The molecular weight excluding hydrogens is 210 g/mol. The summed E-state index contributed by atoms with van der Waals surface area (Å²) < 4.78 is 23.1. The monoisotopic (exact) mass is 225 g/mol. The van der Waals surface area contributed by atoms with Gasteiger partial charge in [0.2, 0.25) is 0 Å². The third kappa shape index (κ3) is 2.21. The minimum absolute atomic E-state index is 0.129. The molecule has 2 rings (SSSR count). The summed E-state index contributed by atoms with van der Waals surface area (Å²) in [7, 11) is -3.16. The maximum absolute atomic E-state index is 11.5. The molecule has 0 spiro atoms. The minimum Gasteiger partial charge on any atom is -0.324 e. The Morgan fingerprint density at radius 2 is 1.93 bits per heavy atom. The summed E-state index contributed by atoms with van der Waals surface area (Å²) in [4.78, 5) is 0.379. The molecular formula is C11H15NO2S. The standard InChI is InChI=1S/C11H15NO2S/c1-15(13,14)10-5-3-2-4-9(10)11(12)8-6-7-8/h2-5,8,11H,6-7,12H2,1H3. The molecule has 0 saturated heterocycles. The van der Waals surface area contributed by atoms with Gasteiger partial charge in [0.1, 0.15) is 0 Å². The molecule has 1 atom stereocenters. The van der Waals surface area contributed by atoms with Crippen molar-refractivity contribution in [2.24, 2.45) is 11.7 Å². The van der Waals surface area contributed by atoms with Gasteiger partial charge in [0, 0.05) is 12.3 Å². The van der Waals surface area contributed by atoms with E-state index < -0.39 is 9.84 Å². The van der Waals surface area contributed by atoms with Crippen LogP contribution in [0.4, 0.5) is 0 Å². The Kier molecular flexibility index (Phi) is 2.56. The van der Waals surface area contributed by atoms with Gasteiger partial charge in [-0.1, -0.05) is 18.2 Å². The highest BCUT2D eigenvalue weighted by molar-refractivity contribution is 7.90.